The molecule has 0 spiro atoms. The fourth-order valence-electron chi connectivity index (χ4n) is 2.06. The minimum absolute atomic E-state index is 0. The van der Waals surface area contributed by atoms with E-state index in [1.54, 1.807) is 7.11 Å². The zero-order valence-corrected chi connectivity index (χ0v) is 15.4. The Morgan fingerprint density at radius 1 is 1.36 bits per heavy atom. The van der Waals surface area contributed by atoms with E-state index in [1.165, 1.54) is 0 Å². The first-order valence-electron chi connectivity index (χ1n) is 7.12. The number of nitrogens with two attached hydrogens (primary N) is 1. The van der Waals surface area contributed by atoms with Crippen molar-refractivity contribution in [2.24, 2.45) is 10.7 Å². The minimum Gasteiger partial charge on any atom is -0.497 e. The fourth-order valence-corrected chi connectivity index (χ4v) is 2.06. The van der Waals surface area contributed by atoms with Crippen molar-refractivity contribution in [3.05, 3.63) is 24.3 Å². The standard InChI is InChI=1S/C15H23N3O3.HI/c1-12(21-14-5-3-4-13(10-14)19-2)11-17-15(16)18-6-8-20-9-7-18;/h3-5,10,12H,6-9,11H2,1-2H3,(H2,16,17);1H. The van der Waals surface area contributed by atoms with Crippen molar-refractivity contribution in [3.63, 3.8) is 0 Å². The van der Waals surface area contributed by atoms with Crippen LogP contribution in [0.3, 0.4) is 0 Å². The van der Waals surface area contributed by atoms with Gasteiger partial charge in [0.2, 0.25) is 0 Å². The maximum absolute atomic E-state index is 5.98. The maximum atomic E-state index is 5.98. The molecule has 124 valence electrons. The number of methoxy groups -OCH3 is 1. The van der Waals surface area contributed by atoms with Gasteiger partial charge in [-0.05, 0) is 19.1 Å². The highest BCUT2D eigenvalue weighted by Gasteiger charge is 2.12. The zero-order valence-electron chi connectivity index (χ0n) is 13.0. The van der Waals surface area contributed by atoms with Crippen LogP contribution in [0.15, 0.2) is 29.3 Å². The number of ether oxygens (including phenoxy) is 3. The van der Waals surface area contributed by atoms with Crippen LogP contribution >= 0.6 is 24.0 Å². The number of guanidine groups is 1. The Morgan fingerprint density at radius 2 is 2.05 bits per heavy atom. The first kappa shape index (κ1) is 18.8. The summed E-state index contributed by atoms with van der Waals surface area (Å²) >= 11 is 0. The van der Waals surface area contributed by atoms with Crippen molar-refractivity contribution in [2.75, 3.05) is 40.0 Å². The third-order valence-electron chi connectivity index (χ3n) is 3.22. The van der Waals surface area contributed by atoms with Crippen molar-refractivity contribution in [3.8, 4) is 11.5 Å². The Bertz CT molecular complexity index is 479. The van der Waals surface area contributed by atoms with Crippen LogP contribution in [0.25, 0.3) is 0 Å². The van der Waals surface area contributed by atoms with Crippen molar-refractivity contribution in [1.29, 1.82) is 0 Å². The molecule has 0 aliphatic carbocycles. The van der Waals surface area contributed by atoms with Gasteiger partial charge in [-0.25, -0.2) is 4.99 Å². The molecule has 1 aromatic carbocycles. The normalized spacial score (nSPS) is 16.6. The average molecular weight is 421 g/mol. The minimum atomic E-state index is -0.0586. The molecule has 1 saturated heterocycles. The van der Waals surface area contributed by atoms with Crippen molar-refractivity contribution < 1.29 is 14.2 Å². The van der Waals surface area contributed by atoms with Gasteiger partial charge in [-0.3, -0.25) is 0 Å². The SMILES string of the molecule is COc1cccc(OC(C)CN=C(N)N2CCOCC2)c1.I. The van der Waals surface area contributed by atoms with Crippen LogP contribution in [0.4, 0.5) is 0 Å². The monoisotopic (exact) mass is 421 g/mol. The molecule has 1 unspecified atom stereocenters. The van der Waals surface area contributed by atoms with Crippen LogP contribution < -0.4 is 15.2 Å². The van der Waals surface area contributed by atoms with Crippen LogP contribution in [0, 0.1) is 0 Å². The second kappa shape index (κ2) is 9.73. The number of hydrogen-bond acceptors (Lipinski definition) is 4. The summed E-state index contributed by atoms with van der Waals surface area (Å²) in [4.78, 5) is 6.42. The highest BCUT2D eigenvalue weighted by Crippen LogP contribution is 2.19. The smallest absolute Gasteiger partial charge is 0.191 e. The van der Waals surface area contributed by atoms with Crippen molar-refractivity contribution in [1.82, 2.24) is 4.90 Å². The zero-order chi connectivity index (χ0) is 15.1. The molecule has 1 heterocycles. The largest absolute Gasteiger partial charge is 0.497 e. The Kier molecular flexibility index (Phi) is 8.32. The molecule has 1 atom stereocenters. The summed E-state index contributed by atoms with van der Waals surface area (Å²) in [6, 6.07) is 7.53. The highest BCUT2D eigenvalue weighted by atomic mass is 127. The molecule has 1 aliphatic rings. The molecule has 0 saturated carbocycles. The van der Waals surface area contributed by atoms with Gasteiger partial charge in [0.15, 0.2) is 5.96 Å². The molecule has 6 nitrogen and oxygen atoms in total. The Morgan fingerprint density at radius 3 is 2.73 bits per heavy atom. The molecule has 1 aromatic rings. The van der Waals surface area contributed by atoms with Crippen LogP contribution in [-0.4, -0.2) is 56.9 Å². The van der Waals surface area contributed by atoms with Crippen LogP contribution in [0.2, 0.25) is 0 Å². The summed E-state index contributed by atoms with van der Waals surface area (Å²) in [5, 5.41) is 0. The lowest BCUT2D eigenvalue weighted by molar-refractivity contribution is 0.0673. The number of aliphatic imine (C=N–C) groups is 1. The molecular formula is C15H24IN3O3. The van der Waals surface area contributed by atoms with E-state index in [2.05, 4.69) is 4.99 Å². The summed E-state index contributed by atoms with van der Waals surface area (Å²) in [6.45, 7) is 5.47. The fraction of sp³-hybridized carbons (Fsp3) is 0.533. The molecule has 1 aliphatic heterocycles. The lowest BCUT2D eigenvalue weighted by Crippen LogP contribution is -2.45. The highest BCUT2D eigenvalue weighted by molar-refractivity contribution is 14.0. The molecule has 0 radical (unpaired) electrons. The van der Waals surface area contributed by atoms with Crippen LogP contribution in [0.1, 0.15) is 6.92 Å². The molecule has 22 heavy (non-hydrogen) atoms. The first-order chi connectivity index (χ1) is 10.2. The molecule has 2 N–H and O–H groups in total. The number of halogens is 1. The van der Waals surface area contributed by atoms with E-state index in [-0.39, 0.29) is 30.1 Å². The van der Waals surface area contributed by atoms with E-state index < -0.39 is 0 Å². The van der Waals surface area contributed by atoms with E-state index in [1.807, 2.05) is 36.1 Å². The van der Waals surface area contributed by atoms with Gasteiger partial charge in [-0.1, -0.05) is 6.07 Å². The summed E-state index contributed by atoms with van der Waals surface area (Å²) in [5.74, 6) is 2.09. The lowest BCUT2D eigenvalue weighted by Gasteiger charge is -2.27. The Labute approximate surface area is 148 Å². The van der Waals surface area contributed by atoms with Gasteiger partial charge in [0.05, 0.1) is 26.9 Å². The summed E-state index contributed by atoms with van der Waals surface area (Å²) < 4.78 is 16.3. The van der Waals surface area contributed by atoms with Gasteiger partial charge < -0.3 is 24.8 Å². The van der Waals surface area contributed by atoms with E-state index in [4.69, 9.17) is 19.9 Å². The van der Waals surface area contributed by atoms with Gasteiger partial charge in [0.1, 0.15) is 17.6 Å². The molecular weight excluding hydrogens is 397 g/mol. The average Bonchev–Trinajstić information content (AvgIpc) is 2.53. The van der Waals surface area contributed by atoms with Gasteiger partial charge in [-0.2, -0.15) is 0 Å². The number of hydrogen-bond donors (Lipinski definition) is 1. The van der Waals surface area contributed by atoms with Crippen LogP contribution in [0.5, 0.6) is 11.5 Å². The molecule has 0 bridgehead atoms. The number of rotatable bonds is 5. The predicted octanol–water partition coefficient (Wildman–Crippen LogP) is 1.73. The van der Waals surface area contributed by atoms with Crippen molar-refractivity contribution in [2.45, 2.75) is 13.0 Å². The van der Waals surface area contributed by atoms with Crippen molar-refractivity contribution >= 4 is 29.9 Å². The van der Waals surface area contributed by atoms with E-state index in [0.29, 0.717) is 25.7 Å². The second-order valence-corrected chi connectivity index (χ2v) is 4.91. The molecule has 0 amide bonds. The van der Waals surface area contributed by atoms with E-state index >= 15 is 0 Å². The quantitative estimate of drug-likeness (QED) is 0.446. The van der Waals surface area contributed by atoms with Crippen LogP contribution in [-0.2, 0) is 4.74 Å². The predicted molar refractivity (Wildman–Crippen MR) is 97.4 cm³/mol. The molecule has 1 fully saturated rings. The summed E-state index contributed by atoms with van der Waals surface area (Å²) in [5.41, 5.74) is 5.98. The van der Waals surface area contributed by atoms with Gasteiger partial charge >= 0.3 is 0 Å². The lowest BCUT2D eigenvalue weighted by atomic mass is 10.3. The topological polar surface area (TPSA) is 69.3 Å². The van der Waals surface area contributed by atoms with Gasteiger partial charge in [0.25, 0.3) is 0 Å². The molecule has 0 aromatic heterocycles. The maximum Gasteiger partial charge on any atom is 0.191 e. The second-order valence-electron chi connectivity index (χ2n) is 4.91. The van der Waals surface area contributed by atoms with E-state index in [0.717, 1.165) is 24.6 Å². The first-order valence-corrected chi connectivity index (χ1v) is 7.12. The summed E-state index contributed by atoms with van der Waals surface area (Å²) in [7, 11) is 1.63. The van der Waals surface area contributed by atoms with Gasteiger partial charge in [-0.15, -0.1) is 24.0 Å². The third-order valence-corrected chi connectivity index (χ3v) is 3.22. The van der Waals surface area contributed by atoms with E-state index in [9.17, 15) is 0 Å². The number of benzene rings is 1. The Hall–Kier alpha value is -1.22. The third kappa shape index (κ3) is 5.88. The number of morpholine rings is 1. The Balaban J connectivity index is 0.00000242. The number of nitrogens with zero attached hydrogens (tertiary/aromatic N) is 2. The molecule has 7 heteroatoms. The molecule has 2 rings (SSSR count). The van der Waals surface area contributed by atoms with Gasteiger partial charge in [0, 0.05) is 19.2 Å². The summed E-state index contributed by atoms with van der Waals surface area (Å²) in [6.07, 6.45) is -0.0586.